The van der Waals surface area contributed by atoms with Gasteiger partial charge in [0.25, 0.3) is 0 Å². The van der Waals surface area contributed by atoms with E-state index in [0.29, 0.717) is 0 Å². The zero-order chi connectivity index (χ0) is 13.9. The van der Waals surface area contributed by atoms with Crippen molar-refractivity contribution in [1.82, 2.24) is 0 Å². The van der Waals surface area contributed by atoms with Crippen molar-refractivity contribution >= 4 is 17.9 Å². The molecule has 7 nitrogen and oxygen atoms in total. The fourth-order valence-electron chi connectivity index (χ4n) is 1.72. The van der Waals surface area contributed by atoms with E-state index >= 15 is 0 Å². The Kier molecular flexibility index (Phi) is 4.66. The largest absolute Gasteiger partial charge is 0.456 e. The molecule has 102 valence electrons. The normalized spacial score (nSPS) is 30.7. The van der Waals surface area contributed by atoms with E-state index in [-0.39, 0.29) is 0 Å². The molecule has 1 unspecified atom stereocenters. The first kappa shape index (κ1) is 14.4. The molecule has 1 fully saturated rings. The van der Waals surface area contributed by atoms with Crippen LogP contribution in [-0.4, -0.2) is 42.5 Å². The van der Waals surface area contributed by atoms with Gasteiger partial charge in [0, 0.05) is 20.8 Å². The third kappa shape index (κ3) is 3.69. The van der Waals surface area contributed by atoms with E-state index in [1.165, 1.54) is 20.8 Å². The van der Waals surface area contributed by atoms with E-state index in [0.717, 1.165) is 0 Å². The van der Waals surface area contributed by atoms with Gasteiger partial charge in [0.15, 0.2) is 6.10 Å². The molecule has 1 heterocycles. The molecule has 0 aromatic rings. The maximum absolute atomic E-state index is 11.0. The highest BCUT2D eigenvalue weighted by atomic mass is 16.7. The molecule has 7 heteroatoms. The zero-order valence-electron chi connectivity index (χ0n) is 10.7. The van der Waals surface area contributed by atoms with E-state index in [1.807, 2.05) is 0 Å². The average Bonchev–Trinajstić information content (AvgIpc) is 2.43. The third-order valence-corrected chi connectivity index (χ3v) is 2.29. The number of ether oxygens (including phenoxy) is 4. The third-order valence-electron chi connectivity index (χ3n) is 2.29. The van der Waals surface area contributed by atoms with Crippen molar-refractivity contribution in [3.05, 3.63) is 0 Å². The summed E-state index contributed by atoms with van der Waals surface area (Å²) in [5.74, 6) is -1.68. The lowest BCUT2D eigenvalue weighted by Crippen LogP contribution is -2.40. The van der Waals surface area contributed by atoms with Gasteiger partial charge in [-0.25, -0.2) is 0 Å². The molecule has 1 rings (SSSR count). The fourth-order valence-corrected chi connectivity index (χ4v) is 1.72. The van der Waals surface area contributed by atoms with Gasteiger partial charge in [0.2, 0.25) is 12.4 Å². The minimum Gasteiger partial charge on any atom is -0.456 e. The molecule has 0 N–H and O–H groups in total. The molecule has 1 aliphatic rings. The topological polar surface area (TPSA) is 88.1 Å². The molecule has 0 aromatic heterocycles. The zero-order valence-corrected chi connectivity index (χ0v) is 10.7. The first-order valence-electron chi connectivity index (χ1n) is 5.48. The number of hydrogen-bond acceptors (Lipinski definition) is 7. The molecule has 1 saturated heterocycles. The first-order chi connectivity index (χ1) is 8.31. The maximum Gasteiger partial charge on any atom is 0.305 e. The molecule has 0 radical (unpaired) electrons. The summed E-state index contributed by atoms with van der Waals surface area (Å²) < 4.78 is 20.2. The van der Waals surface area contributed by atoms with Crippen LogP contribution >= 0.6 is 0 Å². The van der Waals surface area contributed by atoms with Crippen LogP contribution < -0.4 is 0 Å². The van der Waals surface area contributed by atoms with Crippen LogP contribution in [0.5, 0.6) is 0 Å². The van der Waals surface area contributed by atoms with Gasteiger partial charge < -0.3 is 18.9 Å². The van der Waals surface area contributed by atoms with Gasteiger partial charge in [-0.2, -0.15) is 0 Å². The van der Waals surface area contributed by atoms with E-state index in [9.17, 15) is 14.4 Å². The lowest BCUT2D eigenvalue weighted by Gasteiger charge is -2.22. The van der Waals surface area contributed by atoms with Crippen molar-refractivity contribution in [2.45, 2.75) is 52.3 Å². The Morgan fingerprint density at radius 2 is 1.28 bits per heavy atom. The molecule has 0 aromatic carbocycles. The second-order valence-corrected chi connectivity index (χ2v) is 3.97. The van der Waals surface area contributed by atoms with Crippen molar-refractivity contribution in [2.24, 2.45) is 0 Å². The van der Waals surface area contributed by atoms with Crippen LogP contribution in [0.25, 0.3) is 0 Å². The number of hydrogen-bond donors (Lipinski definition) is 0. The van der Waals surface area contributed by atoms with Crippen LogP contribution in [0.3, 0.4) is 0 Å². The summed E-state index contributed by atoms with van der Waals surface area (Å²) in [6, 6.07) is 0. The van der Waals surface area contributed by atoms with Crippen LogP contribution in [0.15, 0.2) is 0 Å². The quantitative estimate of drug-likeness (QED) is 0.527. The molecule has 4 atom stereocenters. The maximum atomic E-state index is 11.0. The molecule has 0 aliphatic carbocycles. The number of carbonyl (C=O) groups excluding carboxylic acids is 3. The van der Waals surface area contributed by atoms with Gasteiger partial charge in [0.1, 0.15) is 0 Å². The highest BCUT2D eigenvalue weighted by molar-refractivity contribution is 5.68. The van der Waals surface area contributed by atoms with Gasteiger partial charge in [-0.3, -0.25) is 14.4 Å². The van der Waals surface area contributed by atoms with E-state index in [1.54, 1.807) is 6.92 Å². The Morgan fingerprint density at radius 1 is 0.833 bits per heavy atom. The minimum atomic E-state index is -1.06. The fraction of sp³-hybridized carbons (Fsp3) is 0.727. The molecule has 0 amide bonds. The van der Waals surface area contributed by atoms with Crippen molar-refractivity contribution in [3.63, 3.8) is 0 Å². The summed E-state index contributed by atoms with van der Waals surface area (Å²) in [7, 11) is 0. The van der Waals surface area contributed by atoms with Crippen molar-refractivity contribution in [2.75, 3.05) is 0 Å². The summed E-state index contributed by atoms with van der Waals surface area (Å²) in [6.07, 6.45) is -3.35. The summed E-state index contributed by atoms with van der Waals surface area (Å²) in [4.78, 5) is 32.9. The van der Waals surface area contributed by atoms with Crippen molar-refractivity contribution < 1.29 is 33.3 Å². The van der Waals surface area contributed by atoms with Crippen LogP contribution in [0.1, 0.15) is 27.7 Å². The molecule has 0 spiro atoms. The molecule has 18 heavy (non-hydrogen) atoms. The molecule has 0 saturated carbocycles. The lowest BCUT2D eigenvalue weighted by atomic mass is 10.1. The second kappa shape index (κ2) is 5.81. The van der Waals surface area contributed by atoms with Gasteiger partial charge in [-0.1, -0.05) is 0 Å². The predicted molar refractivity (Wildman–Crippen MR) is 57.2 cm³/mol. The van der Waals surface area contributed by atoms with Gasteiger partial charge in [-0.05, 0) is 6.92 Å². The van der Waals surface area contributed by atoms with Crippen LogP contribution in [0, 0.1) is 0 Å². The van der Waals surface area contributed by atoms with Gasteiger partial charge in [0.05, 0.1) is 6.10 Å². The van der Waals surface area contributed by atoms with Crippen LogP contribution in [-0.2, 0) is 33.3 Å². The number of carbonyl (C=O) groups is 3. The highest BCUT2D eigenvalue weighted by Crippen LogP contribution is 2.27. The Bertz CT molecular complexity index is 351. The molecule has 1 aliphatic heterocycles. The van der Waals surface area contributed by atoms with Gasteiger partial charge in [-0.15, -0.1) is 0 Å². The van der Waals surface area contributed by atoms with Crippen LogP contribution in [0.4, 0.5) is 0 Å². The highest BCUT2D eigenvalue weighted by Gasteiger charge is 2.49. The smallest absolute Gasteiger partial charge is 0.305 e. The predicted octanol–water partition coefficient (Wildman–Crippen LogP) is 0.158. The Balaban J connectivity index is 2.83. The van der Waals surface area contributed by atoms with E-state index < -0.39 is 42.5 Å². The summed E-state index contributed by atoms with van der Waals surface area (Å²) in [5.41, 5.74) is 0. The second-order valence-electron chi connectivity index (χ2n) is 3.97. The summed E-state index contributed by atoms with van der Waals surface area (Å²) in [6.45, 7) is 5.28. The van der Waals surface area contributed by atoms with E-state index in [4.69, 9.17) is 18.9 Å². The molecular weight excluding hydrogens is 244 g/mol. The minimum absolute atomic E-state index is 0.531. The molecule has 0 bridgehead atoms. The lowest BCUT2D eigenvalue weighted by molar-refractivity contribution is -0.194. The summed E-state index contributed by atoms with van der Waals surface area (Å²) in [5, 5.41) is 0. The Hall–Kier alpha value is -1.63. The van der Waals surface area contributed by atoms with Crippen molar-refractivity contribution in [3.8, 4) is 0 Å². The average molecular weight is 260 g/mol. The monoisotopic (exact) mass is 260 g/mol. The Morgan fingerprint density at radius 3 is 1.72 bits per heavy atom. The van der Waals surface area contributed by atoms with Crippen LogP contribution in [0.2, 0.25) is 0 Å². The standard InChI is InChI=1S/C11H16O7/c1-5-9(16-6(2)12)10(17-7(3)13)11(15-5)18-8(4)14/h5,9-11H,1-4H3/t5-,9?,10-,11+/m1/s1. The summed E-state index contributed by atoms with van der Waals surface area (Å²) >= 11 is 0. The molecular formula is C11H16O7. The SMILES string of the molecule is CC(=O)OC1[C@@H](OC(C)=O)[C@H](OC(C)=O)O[C@@H]1C. The first-order valence-corrected chi connectivity index (χ1v) is 5.48. The van der Waals surface area contributed by atoms with E-state index in [2.05, 4.69) is 0 Å². The number of esters is 3. The van der Waals surface area contributed by atoms with Crippen molar-refractivity contribution in [1.29, 1.82) is 0 Å². The Labute approximate surface area is 104 Å². The van der Waals surface area contributed by atoms with Gasteiger partial charge >= 0.3 is 17.9 Å². The number of rotatable bonds is 3.